The van der Waals surface area contributed by atoms with Gasteiger partial charge in [0.1, 0.15) is 0 Å². The Morgan fingerprint density at radius 3 is 2.73 bits per heavy atom. The molecule has 0 spiro atoms. The number of amides is 1. The van der Waals surface area contributed by atoms with Crippen molar-refractivity contribution < 1.29 is 9.90 Å². The maximum atomic E-state index is 11.3. The molecule has 1 aromatic rings. The van der Waals surface area contributed by atoms with E-state index in [2.05, 4.69) is 5.32 Å². The highest BCUT2D eigenvalue weighted by Gasteiger charge is 2.08. The Kier molecular flexibility index (Phi) is 3.82. The highest BCUT2D eigenvalue weighted by Crippen LogP contribution is 2.16. The number of carbonyl (C=O) groups is 1. The molecule has 4 nitrogen and oxygen atoms in total. The van der Waals surface area contributed by atoms with Crippen LogP contribution in [0.2, 0.25) is 0 Å². The summed E-state index contributed by atoms with van der Waals surface area (Å²) in [7, 11) is 0. The summed E-state index contributed by atoms with van der Waals surface area (Å²) in [4.78, 5) is 11.3. The average Bonchev–Trinajstić information content (AvgIpc) is 2.20. The van der Waals surface area contributed by atoms with Crippen molar-refractivity contribution in [2.24, 2.45) is 5.73 Å². The van der Waals surface area contributed by atoms with Gasteiger partial charge < -0.3 is 16.2 Å². The fourth-order valence-corrected chi connectivity index (χ4v) is 1.21. The fraction of sp³-hybridized carbons (Fsp3) is 0.364. The lowest BCUT2D eigenvalue weighted by atomic mass is 10.1. The Morgan fingerprint density at radius 1 is 1.60 bits per heavy atom. The Hall–Kier alpha value is -1.39. The van der Waals surface area contributed by atoms with Crippen molar-refractivity contribution >= 4 is 11.6 Å². The normalized spacial score (nSPS) is 12.3. The van der Waals surface area contributed by atoms with E-state index in [4.69, 9.17) is 10.8 Å². The van der Waals surface area contributed by atoms with E-state index in [0.29, 0.717) is 0 Å². The van der Waals surface area contributed by atoms with E-state index < -0.39 is 6.04 Å². The lowest BCUT2D eigenvalue weighted by Crippen LogP contribution is -2.32. The molecule has 0 saturated carbocycles. The predicted octanol–water partition coefficient (Wildman–Crippen LogP) is 0.773. The molecule has 0 saturated heterocycles. The van der Waals surface area contributed by atoms with Gasteiger partial charge in [0.05, 0.1) is 12.6 Å². The van der Waals surface area contributed by atoms with Crippen LogP contribution in [0, 0.1) is 6.92 Å². The standard InChI is InChI=1S/C11H16N2O2/c1-7-5-9(6-14)3-4-10(7)13-11(15)8(2)12/h3-5,8,14H,6,12H2,1-2H3,(H,13,15)/t8-/m0/s1. The van der Waals surface area contributed by atoms with Gasteiger partial charge in [-0.25, -0.2) is 0 Å². The van der Waals surface area contributed by atoms with Crippen LogP contribution >= 0.6 is 0 Å². The molecule has 0 radical (unpaired) electrons. The van der Waals surface area contributed by atoms with Crippen LogP contribution in [0.4, 0.5) is 5.69 Å². The van der Waals surface area contributed by atoms with Crippen LogP contribution in [0.25, 0.3) is 0 Å². The second-order valence-electron chi connectivity index (χ2n) is 3.59. The lowest BCUT2D eigenvalue weighted by molar-refractivity contribution is -0.117. The van der Waals surface area contributed by atoms with Crippen molar-refractivity contribution in [3.8, 4) is 0 Å². The molecule has 0 unspecified atom stereocenters. The monoisotopic (exact) mass is 208 g/mol. The highest BCUT2D eigenvalue weighted by molar-refractivity contribution is 5.95. The Labute approximate surface area is 89.1 Å². The van der Waals surface area contributed by atoms with Gasteiger partial charge in [-0.2, -0.15) is 0 Å². The number of aryl methyl sites for hydroxylation is 1. The molecule has 1 aromatic carbocycles. The van der Waals surface area contributed by atoms with Crippen molar-refractivity contribution in [3.05, 3.63) is 29.3 Å². The van der Waals surface area contributed by atoms with Crippen LogP contribution in [0.15, 0.2) is 18.2 Å². The largest absolute Gasteiger partial charge is 0.392 e. The Balaban J connectivity index is 2.83. The Morgan fingerprint density at radius 2 is 2.27 bits per heavy atom. The predicted molar refractivity (Wildman–Crippen MR) is 59.4 cm³/mol. The highest BCUT2D eigenvalue weighted by atomic mass is 16.3. The number of aliphatic hydroxyl groups excluding tert-OH is 1. The summed E-state index contributed by atoms with van der Waals surface area (Å²) in [6.45, 7) is 3.51. The molecule has 1 rings (SSSR count). The number of aliphatic hydroxyl groups is 1. The second kappa shape index (κ2) is 4.91. The Bertz CT molecular complexity index is 362. The number of nitrogens with two attached hydrogens (primary N) is 1. The zero-order valence-corrected chi connectivity index (χ0v) is 8.95. The molecular weight excluding hydrogens is 192 g/mol. The zero-order chi connectivity index (χ0) is 11.4. The molecule has 82 valence electrons. The van der Waals surface area contributed by atoms with Crippen molar-refractivity contribution in [2.45, 2.75) is 26.5 Å². The smallest absolute Gasteiger partial charge is 0.241 e. The molecule has 15 heavy (non-hydrogen) atoms. The van der Waals surface area contributed by atoms with E-state index >= 15 is 0 Å². The van der Waals surface area contributed by atoms with Gasteiger partial charge in [0.15, 0.2) is 0 Å². The van der Waals surface area contributed by atoms with Crippen molar-refractivity contribution in [1.82, 2.24) is 0 Å². The summed E-state index contributed by atoms with van der Waals surface area (Å²) in [5.74, 6) is -0.213. The van der Waals surface area contributed by atoms with Crippen molar-refractivity contribution in [1.29, 1.82) is 0 Å². The maximum Gasteiger partial charge on any atom is 0.241 e. The van der Waals surface area contributed by atoms with Gasteiger partial charge in [0, 0.05) is 5.69 Å². The summed E-state index contributed by atoms with van der Waals surface area (Å²) in [6, 6.07) is 4.84. The summed E-state index contributed by atoms with van der Waals surface area (Å²) < 4.78 is 0. The van der Waals surface area contributed by atoms with Gasteiger partial charge in [-0.3, -0.25) is 4.79 Å². The number of anilines is 1. The van der Waals surface area contributed by atoms with E-state index in [9.17, 15) is 4.79 Å². The van der Waals surface area contributed by atoms with Crippen LogP contribution in [-0.4, -0.2) is 17.1 Å². The second-order valence-corrected chi connectivity index (χ2v) is 3.59. The topological polar surface area (TPSA) is 75.3 Å². The van der Waals surface area contributed by atoms with Gasteiger partial charge in [0.25, 0.3) is 0 Å². The fourth-order valence-electron chi connectivity index (χ4n) is 1.21. The molecule has 0 fully saturated rings. The minimum absolute atomic E-state index is 0.00234. The zero-order valence-electron chi connectivity index (χ0n) is 8.95. The number of nitrogens with one attached hydrogen (secondary N) is 1. The quantitative estimate of drug-likeness (QED) is 0.687. The molecule has 0 heterocycles. The number of hydrogen-bond acceptors (Lipinski definition) is 3. The summed E-state index contributed by atoms with van der Waals surface area (Å²) >= 11 is 0. The molecular formula is C11H16N2O2. The molecule has 4 N–H and O–H groups in total. The number of hydrogen-bond donors (Lipinski definition) is 3. The SMILES string of the molecule is Cc1cc(CO)ccc1NC(=O)[C@H](C)N. The minimum atomic E-state index is -0.526. The summed E-state index contributed by atoms with van der Waals surface area (Å²) in [5, 5.41) is 11.6. The first kappa shape index (κ1) is 11.7. The molecule has 1 atom stereocenters. The van der Waals surface area contributed by atoms with Gasteiger partial charge in [0.2, 0.25) is 5.91 Å². The average molecular weight is 208 g/mol. The van der Waals surface area contributed by atoms with Crippen LogP contribution in [0.3, 0.4) is 0 Å². The first-order chi connectivity index (χ1) is 7.04. The number of benzene rings is 1. The number of rotatable bonds is 3. The molecule has 4 heteroatoms. The van der Waals surface area contributed by atoms with E-state index in [-0.39, 0.29) is 12.5 Å². The van der Waals surface area contributed by atoms with Gasteiger partial charge in [-0.15, -0.1) is 0 Å². The summed E-state index contributed by atoms with van der Waals surface area (Å²) in [6.07, 6.45) is 0. The third kappa shape index (κ3) is 3.04. The summed E-state index contributed by atoms with van der Waals surface area (Å²) in [5.41, 5.74) is 7.91. The van der Waals surface area contributed by atoms with E-state index in [0.717, 1.165) is 16.8 Å². The lowest BCUT2D eigenvalue weighted by Gasteiger charge is -2.11. The molecule has 0 aliphatic rings. The third-order valence-electron chi connectivity index (χ3n) is 2.14. The molecule has 0 aromatic heterocycles. The maximum absolute atomic E-state index is 11.3. The molecule has 1 amide bonds. The van der Waals surface area contributed by atoms with Crippen LogP contribution < -0.4 is 11.1 Å². The third-order valence-corrected chi connectivity index (χ3v) is 2.14. The first-order valence-electron chi connectivity index (χ1n) is 4.81. The van der Waals surface area contributed by atoms with Gasteiger partial charge >= 0.3 is 0 Å². The first-order valence-corrected chi connectivity index (χ1v) is 4.81. The molecule has 0 bridgehead atoms. The van der Waals surface area contributed by atoms with Gasteiger partial charge in [-0.05, 0) is 31.0 Å². The van der Waals surface area contributed by atoms with Crippen molar-refractivity contribution in [3.63, 3.8) is 0 Å². The van der Waals surface area contributed by atoms with E-state index in [1.165, 1.54) is 0 Å². The van der Waals surface area contributed by atoms with E-state index in [1.54, 1.807) is 19.1 Å². The van der Waals surface area contributed by atoms with Crippen LogP contribution in [-0.2, 0) is 11.4 Å². The molecule has 0 aliphatic heterocycles. The van der Waals surface area contributed by atoms with Gasteiger partial charge in [-0.1, -0.05) is 12.1 Å². The van der Waals surface area contributed by atoms with Crippen molar-refractivity contribution in [2.75, 3.05) is 5.32 Å². The van der Waals surface area contributed by atoms with E-state index in [1.807, 2.05) is 13.0 Å². The minimum Gasteiger partial charge on any atom is -0.392 e. The number of carbonyl (C=O) groups excluding carboxylic acids is 1. The van der Waals surface area contributed by atoms with Crippen LogP contribution in [0.5, 0.6) is 0 Å². The molecule has 0 aliphatic carbocycles. The van der Waals surface area contributed by atoms with Crippen LogP contribution in [0.1, 0.15) is 18.1 Å².